The van der Waals surface area contributed by atoms with E-state index < -0.39 is 29.9 Å². The van der Waals surface area contributed by atoms with Crippen molar-refractivity contribution in [3.63, 3.8) is 0 Å². The Morgan fingerprint density at radius 1 is 1.50 bits per heavy atom. The molecule has 1 aromatic rings. The molecule has 2 atom stereocenters. The number of amides is 1. The fourth-order valence-corrected chi connectivity index (χ4v) is 1.72. The molecule has 9 heteroatoms. The van der Waals surface area contributed by atoms with Crippen molar-refractivity contribution >= 4 is 17.8 Å². The molecule has 0 fully saturated rings. The molecular weight excluding hydrogens is 292 g/mol. The van der Waals surface area contributed by atoms with E-state index >= 15 is 0 Å². The van der Waals surface area contributed by atoms with Crippen molar-refractivity contribution in [2.45, 2.75) is 38.3 Å². The van der Waals surface area contributed by atoms with Crippen LogP contribution in [0.25, 0.3) is 0 Å². The highest BCUT2D eigenvalue weighted by Gasteiger charge is 2.24. The first-order valence-corrected chi connectivity index (χ1v) is 6.86. The van der Waals surface area contributed by atoms with Gasteiger partial charge < -0.3 is 25.9 Å². The van der Waals surface area contributed by atoms with E-state index in [0.29, 0.717) is 5.69 Å². The fourth-order valence-electron chi connectivity index (χ4n) is 1.72. The highest BCUT2D eigenvalue weighted by molar-refractivity contribution is 5.85. The van der Waals surface area contributed by atoms with E-state index in [0.717, 1.165) is 0 Å². The van der Waals surface area contributed by atoms with Crippen molar-refractivity contribution in [1.29, 1.82) is 0 Å². The van der Waals surface area contributed by atoms with Crippen LogP contribution in [0.5, 0.6) is 0 Å². The highest BCUT2D eigenvalue weighted by atomic mass is 16.5. The third-order valence-corrected chi connectivity index (χ3v) is 2.87. The Hall–Kier alpha value is -2.42. The second kappa shape index (κ2) is 8.78. The lowest BCUT2D eigenvalue weighted by atomic mass is 10.1. The van der Waals surface area contributed by atoms with E-state index in [9.17, 15) is 14.4 Å². The normalized spacial score (nSPS) is 13.2. The molecule has 1 heterocycles. The number of esters is 1. The summed E-state index contributed by atoms with van der Waals surface area (Å²) < 4.78 is 4.91. The van der Waals surface area contributed by atoms with Gasteiger partial charge in [0.05, 0.1) is 18.6 Å². The number of ether oxygens (including phenoxy) is 1. The van der Waals surface area contributed by atoms with Crippen LogP contribution in [-0.2, 0) is 25.5 Å². The van der Waals surface area contributed by atoms with Crippen LogP contribution in [0.2, 0.25) is 0 Å². The van der Waals surface area contributed by atoms with Crippen molar-refractivity contribution in [3.05, 3.63) is 18.2 Å². The quantitative estimate of drug-likeness (QED) is 0.436. The smallest absolute Gasteiger partial charge is 0.329 e. The number of rotatable bonds is 9. The highest BCUT2D eigenvalue weighted by Crippen LogP contribution is 2.03. The second-order valence-electron chi connectivity index (χ2n) is 4.62. The Balaban J connectivity index is 2.57. The topological polar surface area (TPSA) is 147 Å². The number of nitrogens with one attached hydrogen (secondary N) is 2. The van der Waals surface area contributed by atoms with Crippen LogP contribution in [0.4, 0.5) is 0 Å². The van der Waals surface area contributed by atoms with Crippen molar-refractivity contribution in [2.75, 3.05) is 6.61 Å². The fraction of sp³-hybridized carbons (Fsp3) is 0.538. The third-order valence-electron chi connectivity index (χ3n) is 2.87. The summed E-state index contributed by atoms with van der Waals surface area (Å²) in [6.45, 7) is 1.85. The number of aromatic nitrogens is 2. The van der Waals surface area contributed by atoms with Crippen LogP contribution in [0.15, 0.2) is 12.5 Å². The molecule has 9 nitrogen and oxygen atoms in total. The average molecular weight is 312 g/mol. The molecule has 0 aromatic carbocycles. The average Bonchev–Trinajstić information content (AvgIpc) is 2.97. The van der Waals surface area contributed by atoms with E-state index in [4.69, 9.17) is 15.6 Å². The van der Waals surface area contributed by atoms with Crippen molar-refractivity contribution in [2.24, 2.45) is 5.73 Å². The predicted molar refractivity (Wildman–Crippen MR) is 75.7 cm³/mol. The molecule has 0 aliphatic heterocycles. The zero-order valence-electron chi connectivity index (χ0n) is 12.2. The number of carbonyl (C=O) groups excluding carboxylic acids is 2. The van der Waals surface area contributed by atoms with Gasteiger partial charge in [-0.2, -0.15) is 0 Å². The molecule has 22 heavy (non-hydrogen) atoms. The predicted octanol–water partition coefficient (Wildman–Crippen LogP) is -0.808. The minimum Gasteiger partial charge on any atom is -0.480 e. The molecule has 5 N–H and O–H groups in total. The van der Waals surface area contributed by atoms with Gasteiger partial charge in [-0.3, -0.25) is 9.59 Å². The van der Waals surface area contributed by atoms with E-state index in [1.165, 1.54) is 6.33 Å². The summed E-state index contributed by atoms with van der Waals surface area (Å²) in [5.74, 6) is -2.21. The van der Waals surface area contributed by atoms with E-state index in [-0.39, 0.29) is 25.9 Å². The van der Waals surface area contributed by atoms with Crippen LogP contribution >= 0.6 is 0 Å². The summed E-state index contributed by atoms with van der Waals surface area (Å²) in [5.41, 5.74) is 5.93. The van der Waals surface area contributed by atoms with Crippen molar-refractivity contribution in [1.82, 2.24) is 15.3 Å². The Labute approximate surface area is 127 Å². The molecular formula is C13H20N4O5. The first-order chi connectivity index (χ1) is 10.4. The van der Waals surface area contributed by atoms with Crippen molar-refractivity contribution in [3.8, 4) is 0 Å². The zero-order valence-corrected chi connectivity index (χ0v) is 12.2. The standard InChI is InChI=1S/C13H20N4O5/c1-2-22-13(21)10(5-8-6-15-7-16-8)17-11(18)4-3-9(14)12(19)20/h6-7,9-10H,2-5,14H2,1H3,(H,15,16)(H,17,18)(H,19,20). The van der Waals surface area contributed by atoms with Crippen LogP contribution in [0.1, 0.15) is 25.5 Å². The van der Waals surface area contributed by atoms with Crippen LogP contribution in [-0.4, -0.2) is 51.6 Å². The van der Waals surface area contributed by atoms with Crippen LogP contribution < -0.4 is 11.1 Å². The maximum Gasteiger partial charge on any atom is 0.329 e. The van der Waals surface area contributed by atoms with Gasteiger partial charge in [0.15, 0.2) is 0 Å². The lowest BCUT2D eigenvalue weighted by molar-refractivity contribution is -0.147. The number of aliphatic carboxylic acids is 1. The zero-order chi connectivity index (χ0) is 16.5. The van der Waals surface area contributed by atoms with Gasteiger partial charge in [0.1, 0.15) is 12.1 Å². The lowest BCUT2D eigenvalue weighted by Crippen LogP contribution is -2.44. The van der Waals surface area contributed by atoms with Gasteiger partial charge in [0.2, 0.25) is 5.91 Å². The van der Waals surface area contributed by atoms with Gasteiger partial charge in [-0.25, -0.2) is 9.78 Å². The largest absolute Gasteiger partial charge is 0.480 e. The second-order valence-corrected chi connectivity index (χ2v) is 4.62. The Bertz CT molecular complexity index is 503. The molecule has 1 amide bonds. The van der Waals surface area contributed by atoms with Gasteiger partial charge in [-0.05, 0) is 13.3 Å². The minimum absolute atomic E-state index is 0.0148. The summed E-state index contributed by atoms with van der Waals surface area (Å²) in [7, 11) is 0. The number of carbonyl (C=O) groups is 3. The molecule has 0 spiro atoms. The van der Waals surface area contributed by atoms with Gasteiger partial charge in [0.25, 0.3) is 0 Å². The maximum absolute atomic E-state index is 11.9. The molecule has 0 bridgehead atoms. The SMILES string of the molecule is CCOC(=O)C(Cc1c[nH]cn1)NC(=O)CCC(N)C(=O)O. The Morgan fingerprint density at radius 2 is 2.23 bits per heavy atom. The molecule has 0 radical (unpaired) electrons. The minimum atomic E-state index is -1.17. The van der Waals surface area contributed by atoms with Gasteiger partial charge in [-0.1, -0.05) is 0 Å². The number of imidazole rings is 1. The van der Waals surface area contributed by atoms with Gasteiger partial charge in [0, 0.05) is 19.0 Å². The number of nitrogens with two attached hydrogens (primary N) is 1. The summed E-state index contributed by atoms with van der Waals surface area (Å²) in [6, 6.07) is -1.99. The van der Waals surface area contributed by atoms with Gasteiger partial charge in [-0.15, -0.1) is 0 Å². The number of hydrogen-bond acceptors (Lipinski definition) is 6. The van der Waals surface area contributed by atoms with Crippen LogP contribution in [0, 0.1) is 0 Å². The van der Waals surface area contributed by atoms with Gasteiger partial charge >= 0.3 is 11.9 Å². The first kappa shape index (κ1) is 17.6. The molecule has 1 aromatic heterocycles. The van der Waals surface area contributed by atoms with E-state index in [2.05, 4.69) is 15.3 Å². The molecule has 2 unspecified atom stereocenters. The maximum atomic E-state index is 11.9. The van der Waals surface area contributed by atoms with Crippen LogP contribution in [0.3, 0.4) is 0 Å². The Morgan fingerprint density at radius 3 is 2.77 bits per heavy atom. The molecule has 122 valence electrons. The summed E-state index contributed by atoms with van der Waals surface area (Å²) in [4.78, 5) is 41.0. The monoisotopic (exact) mass is 312 g/mol. The number of aromatic amines is 1. The molecule has 0 aliphatic carbocycles. The summed E-state index contributed by atoms with van der Waals surface area (Å²) >= 11 is 0. The number of hydrogen-bond donors (Lipinski definition) is 4. The molecule has 0 saturated heterocycles. The number of nitrogens with zero attached hydrogens (tertiary/aromatic N) is 1. The third kappa shape index (κ3) is 5.92. The summed E-state index contributed by atoms with van der Waals surface area (Å²) in [6.07, 6.45) is 3.14. The lowest BCUT2D eigenvalue weighted by Gasteiger charge is -2.16. The van der Waals surface area contributed by atoms with E-state index in [1.807, 2.05) is 0 Å². The van der Waals surface area contributed by atoms with Crippen molar-refractivity contribution < 1.29 is 24.2 Å². The molecule has 1 rings (SSSR count). The van der Waals surface area contributed by atoms with E-state index in [1.54, 1.807) is 13.1 Å². The summed E-state index contributed by atoms with van der Waals surface area (Å²) in [5, 5.41) is 11.2. The molecule has 0 aliphatic rings. The number of carboxylic acids is 1. The first-order valence-electron chi connectivity index (χ1n) is 6.86. The number of H-pyrrole nitrogens is 1. The number of carboxylic acid groups (broad SMARTS) is 1. The Kier molecular flexibility index (Phi) is 7.03. The molecule has 0 saturated carbocycles.